The van der Waals surface area contributed by atoms with E-state index in [1.807, 2.05) is 52.1 Å². The van der Waals surface area contributed by atoms with Crippen molar-refractivity contribution in [1.29, 1.82) is 0 Å². The topological polar surface area (TPSA) is 145 Å². The van der Waals surface area contributed by atoms with Gasteiger partial charge in [-0.2, -0.15) is 0 Å². The lowest BCUT2D eigenvalue weighted by atomic mass is 10.0. The number of nitrogens with zero attached hydrogens (tertiary/aromatic N) is 8. The van der Waals surface area contributed by atoms with Crippen LogP contribution < -0.4 is 10.6 Å². The Morgan fingerprint density at radius 1 is 0.932 bits per heavy atom. The number of halogens is 1. The van der Waals surface area contributed by atoms with Crippen molar-refractivity contribution in [3.05, 3.63) is 70.6 Å². The van der Waals surface area contributed by atoms with E-state index in [2.05, 4.69) is 24.8 Å². The molecule has 2 N–H and O–H groups in total. The van der Waals surface area contributed by atoms with Gasteiger partial charge in [-0.15, -0.1) is 0 Å². The summed E-state index contributed by atoms with van der Waals surface area (Å²) >= 11 is 6.65. The molecule has 2 fully saturated rings. The first-order valence-corrected chi connectivity index (χ1v) is 14.9. The number of piperazine rings is 1. The third kappa shape index (κ3) is 4.92. The fourth-order valence-corrected chi connectivity index (χ4v) is 6.64. The second-order valence-corrected chi connectivity index (χ2v) is 11.5. The molecule has 2 amide bonds. The van der Waals surface area contributed by atoms with Crippen LogP contribution in [0.15, 0.2) is 59.9 Å². The van der Waals surface area contributed by atoms with Gasteiger partial charge in [-0.05, 0) is 31.0 Å². The van der Waals surface area contributed by atoms with Crippen LogP contribution in [-0.4, -0.2) is 95.2 Å². The van der Waals surface area contributed by atoms with Gasteiger partial charge in [0.25, 0.3) is 0 Å². The van der Waals surface area contributed by atoms with Gasteiger partial charge in [-0.3, -0.25) is 14.3 Å². The van der Waals surface area contributed by atoms with Crippen molar-refractivity contribution in [3.63, 3.8) is 0 Å². The summed E-state index contributed by atoms with van der Waals surface area (Å²) < 4.78 is 3.60. The summed E-state index contributed by atoms with van der Waals surface area (Å²) in [6.07, 6.45) is 5.41. The maximum Gasteiger partial charge on any atom is 0.407 e. The summed E-state index contributed by atoms with van der Waals surface area (Å²) in [6, 6.07) is 11.2. The van der Waals surface area contributed by atoms with Crippen LogP contribution in [0.2, 0.25) is 5.02 Å². The number of rotatable bonds is 5. The van der Waals surface area contributed by atoms with Gasteiger partial charge < -0.3 is 24.4 Å². The number of pyridine rings is 1. The SMILES string of the molecule is O=C(O)N1CCN(c2ncnc3c2c(-c2ccccc2Cl)cn3CC(=O)N2CCC(n3c(=O)[nH]c4ncccc43)CC2)CC1. The molecule has 226 valence electrons. The van der Waals surface area contributed by atoms with Gasteiger partial charge in [-0.25, -0.2) is 24.5 Å². The summed E-state index contributed by atoms with van der Waals surface area (Å²) in [6.45, 7) is 2.80. The minimum atomic E-state index is -0.937. The number of likely N-dealkylation sites (tertiary alicyclic amines) is 1. The number of hydrogen-bond donors (Lipinski definition) is 2. The molecule has 0 unspecified atom stereocenters. The molecule has 2 aliphatic rings. The highest BCUT2D eigenvalue weighted by Crippen LogP contribution is 2.38. The number of aromatic amines is 1. The van der Waals surface area contributed by atoms with E-state index >= 15 is 0 Å². The largest absolute Gasteiger partial charge is 0.465 e. The van der Waals surface area contributed by atoms with Crippen LogP contribution in [0.25, 0.3) is 33.3 Å². The van der Waals surface area contributed by atoms with Gasteiger partial charge in [0.2, 0.25) is 5.91 Å². The number of carbonyl (C=O) groups is 2. The standard InChI is InChI=1S/C30H30ClN9O4/c31-22-5-2-1-4-20(22)21-16-39(28-25(21)27(33-18-34-28)37-12-14-38(15-13-37)30(43)44)17-24(41)36-10-7-19(8-11-36)40-23-6-3-9-32-26(23)35-29(40)42/h1-6,9,16,18-19H,7-8,10-15,17H2,(H,43,44)(H,32,35,42). The minimum absolute atomic E-state index is 0.0272. The number of nitrogens with one attached hydrogen (secondary N) is 1. The maximum absolute atomic E-state index is 13.7. The van der Waals surface area contributed by atoms with E-state index in [1.54, 1.807) is 10.8 Å². The number of imidazole rings is 1. The Hall–Kier alpha value is -4.91. The van der Waals surface area contributed by atoms with Gasteiger partial charge in [0.15, 0.2) is 5.65 Å². The van der Waals surface area contributed by atoms with E-state index in [9.17, 15) is 19.5 Å². The molecule has 2 saturated heterocycles. The molecule has 6 heterocycles. The average Bonchev–Trinajstić information content (AvgIpc) is 3.58. The number of amides is 2. The number of carbonyl (C=O) groups excluding carboxylic acids is 1. The first kappa shape index (κ1) is 27.9. The van der Waals surface area contributed by atoms with Crippen molar-refractivity contribution in [3.8, 4) is 11.1 Å². The Labute approximate surface area is 256 Å². The van der Waals surface area contributed by atoms with Gasteiger partial charge in [0.1, 0.15) is 24.3 Å². The Balaban J connectivity index is 1.16. The number of H-pyrrole nitrogens is 1. The monoisotopic (exact) mass is 615 g/mol. The third-order valence-electron chi connectivity index (χ3n) is 8.63. The molecule has 2 aliphatic heterocycles. The van der Waals surface area contributed by atoms with E-state index in [1.165, 1.54) is 11.2 Å². The summed E-state index contributed by atoms with van der Waals surface area (Å²) in [5, 5.41) is 10.7. The molecule has 0 spiro atoms. The highest BCUT2D eigenvalue weighted by atomic mass is 35.5. The van der Waals surface area contributed by atoms with Crippen LogP contribution in [-0.2, 0) is 11.3 Å². The van der Waals surface area contributed by atoms with E-state index in [0.717, 1.165) is 22.0 Å². The molecule has 4 aromatic heterocycles. The predicted molar refractivity (Wildman–Crippen MR) is 165 cm³/mol. The zero-order valence-corrected chi connectivity index (χ0v) is 24.5. The van der Waals surface area contributed by atoms with Gasteiger partial charge >= 0.3 is 11.8 Å². The van der Waals surface area contributed by atoms with E-state index < -0.39 is 6.09 Å². The van der Waals surface area contributed by atoms with Crippen molar-refractivity contribution in [2.75, 3.05) is 44.2 Å². The van der Waals surface area contributed by atoms with Crippen molar-refractivity contribution in [2.45, 2.75) is 25.4 Å². The molecule has 44 heavy (non-hydrogen) atoms. The predicted octanol–water partition coefficient (Wildman–Crippen LogP) is 3.45. The normalized spacial score (nSPS) is 16.2. The molecular weight excluding hydrogens is 586 g/mol. The summed E-state index contributed by atoms with van der Waals surface area (Å²) in [7, 11) is 0. The van der Waals surface area contributed by atoms with E-state index in [0.29, 0.717) is 74.2 Å². The molecule has 0 saturated carbocycles. The van der Waals surface area contributed by atoms with Crippen LogP contribution in [0.5, 0.6) is 0 Å². The Morgan fingerprint density at radius 2 is 1.70 bits per heavy atom. The number of anilines is 1. The van der Waals surface area contributed by atoms with Crippen molar-refractivity contribution in [1.82, 2.24) is 38.9 Å². The minimum Gasteiger partial charge on any atom is -0.465 e. The van der Waals surface area contributed by atoms with Crippen molar-refractivity contribution in [2.24, 2.45) is 0 Å². The molecule has 0 bridgehead atoms. The molecule has 0 aliphatic carbocycles. The molecule has 0 radical (unpaired) electrons. The zero-order chi connectivity index (χ0) is 30.4. The number of carboxylic acid groups (broad SMARTS) is 1. The second kappa shape index (κ2) is 11.3. The Bertz CT molecular complexity index is 1930. The molecule has 13 nitrogen and oxygen atoms in total. The average molecular weight is 616 g/mol. The van der Waals surface area contributed by atoms with Gasteiger partial charge in [0, 0.05) is 73.9 Å². The number of fused-ring (bicyclic) bond motifs is 2. The highest BCUT2D eigenvalue weighted by Gasteiger charge is 2.29. The van der Waals surface area contributed by atoms with Crippen LogP contribution in [0.3, 0.4) is 0 Å². The molecule has 5 aromatic rings. The number of aromatic nitrogens is 6. The van der Waals surface area contributed by atoms with Crippen molar-refractivity contribution >= 4 is 51.6 Å². The van der Waals surface area contributed by atoms with Crippen LogP contribution in [0, 0.1) is 0 Å². The smallest absolute Gasteiger partial charge is 0.407 e. The quantitative estimate of drug-likeness (QED) is 0.306. The second-order valence-electron chi connectivity index (χ2n) is 11.1. The zero-order valence-electron chi connectivity index (χ0n) is 23.8. The molecule has 7 rings (SSSR count). The molecule has 0 atom stereocenters. The first-order valence-electron chi connectivity index (χ1n) is 14.5. The van der Waals surface area contributed by atoms with Crippen LogP contribution in [0.4, 0.5) is 10.6 Å². The van der Waals surface area contributed by atoms with Gasteiger partial charge in [-0.1, -0.05) is 29.8 Å². The van der Waals surface area contributed by atoms with E-state index in [4.69, 9.17) is 11.6 Å². The number of piperidine rings is 1. The van der Waals surface area contributed by atoms with Crippen molar-refractivity contribution < 1.29 is 14.7 Å². The fourth-order valence-electron chi connectivity index (χ4n) is 6.40. The lowest BCUT2D eigenvalue weighted by Gasteiger charge is -2.34. The molecule has 1 aromatic carbocycles. The summed E-state index contributed by atoms with van der Waals surface area (Å²) in [4.78, 5) is 59.4. The molecular formula is C30H30ClN9O4. The van der Waals surface area contributed by atoms with Crippen LogP contribution >= 0.6 is 11.6 Å². The highest BCUT2D eigenvalue weighted by molar-refractivity contribution is 6.33. The van der Waals surface area contributed by atoms with Gasteiger partial charge in [0.05, 0.1) is 10.9 Å². The molecule has 14 heteroatoms. The first-order chi connectivity index (χ1) is 21.4. The lowest BCUT2D eigenvalue weighted by Crippen LogP contribution is -2.48. The Morgan fingerprint density at radius 3 is 2.45 bits per heavy atom. The lowest BCUT2D eigenvalue weighted by molar-refractivity contribution is -0.133. The fraction of sp³-hybridized carbons (Fsp3) is 0.333. The summed E-state index contributed by atoms with van der Waals surface area (Å²) in [5.74, 6) is 0.634. The Kier molecular flexibility index (Phi) is 7.17. The summed E-state index contributed by atoms with van der Waals surface area (Å²) in [5.41, 5.74) is 3.36. The maximum atomic E-state index is 13.7. The van der Waals surface area contributed by atoms with Crippen LogP contribution in [0.1, 0.15) is 18.9 Å². The van der Waals surface area contributed by atoms with E-state index in [-0.39, 0.29) is 24.2 Å². The number of hydrogen-bond acceptors (Lipinski definition) is 7. The third-order valence-corrected chi connectivity index (χ3v) is 8.95. The number of benzene rings is 1.